The van der Waals surface area contributed by atoms with E-state index in [1.165, 1.54) is 0 Å². The smallest absolute Gasteiger partial charge is 0.126 e. The Labute approximate surface area is 74.4 Å². The highest BCUT2D eigenvalue weighted by Gasteiger charge is 1.97. The Morgan fingerprint density at radius 1 is 1.25 bits per heavy atom. The summed E-state index contributed by atoms with van der Waals surface area (Å²) in [7, 11) is 0. The maximum Gasteiger partial charge on any atom is 0.126 e. The maximum atomic E-state index is 12.9. The quantitative estimate of drug-likeness (QED) is 0.599. The molecular formula is C11H17F. The Morgan fingerprint density at radius 2 is 1.83 bits per heavy atom. The first-order chi connectivity index (χ1) is 5.74. The lowest BCUT2D eigenvalue weighted by Crippen LogP contribution is -1.86. The molecule has 0 aliphatic rings. The standard InChI is InChI=1S/C9H11F.C2H6/c1-3-8-5-4-7(2)6-9(8)10;1-2/h4-6H,3H2,1-2H3;1-2H3. The van der Waals surface area contributed by atoms with Crippen molar-refractivity contribution in [3.63, 3.8) is 0 Å². The van der Waals surface area contributed by atoms with Crippen LogP contribution in [0.25, 0.3) is 0 Å². The molecule has 0 aromatic heterocycles. The molecule has 0 aliphatic heterocycles. The molecular weight excluding hydrogens is 151 g/mol. The van der Waals surface area contributed by atoms with E-state index in [0.29, 0.717) is 0 Å². The van der Waals surface area contributed by atoms with Crippen LogP contribution >= 0.6 is 0 Å². The zero-order valence-electron chi connectivity index (χ0n) is 8.32. The summed E-state index contributed by atoms with van der Waals surface area (Å²) in [6.07, 6.45) is 0.770. The maximum absolute atomic E-state index is 12.9. The van der Waals surface area contributed by atoms with E-state index in [1.807, 2.05) is 39.8 Å². The van der Waals surface area contributed by atoms with Gasteiger partial charge in [-0.3, -0.25) is 0 Å². The second kappa shape index (κ2) is 5.76. The summed E-state index contributed by atoms with van der Waals surface area (Å²) in [6.45, 7) is 7.84. The molecule has 0 atom stereocenters. The lowest BCUT2D eigenvalue weighted by Gasteiger charge is -1.98. The van der Waals surface area contributed by atoms with Crippen molar-refractivity contribution in [3.05, 3.63) is 35.1 Å². The van der Waals surface area contributed by atoms with Gasteiger partial charge in [-0.15, -0.1) is 0 Å². The molecule has 1 aromatic carbocycles. The van der Waals surface area contributed by atoms with Gasteiger partial charge in [0.2, 0.25) is 0 Å². The third-order valence-electron chi connectivity index (χ3n) is 1.59. The minimum absolute atomic E-state index is 0.0810. The van der Waals surface area contributed by atoms with Crippen LogP contribution in [0.15, 0.2) is 18.2 Å². The van der Waals surface area contributed by atoms with Gasteiger partial charge in [0.1, 0.15) is 5.82 Å². The molecule has 0 saturated heterocycles. The highest BCUT2D eigenvalue weighted by atomic mass is 19.1. The minimum Gasteiger partial charge on any atom is -0.207 e. The van der Waals surface area contributed by atoms with E-state index in [1.54, 1.807) is 6.07 Å². The van der Waals surface area contributed by atoms with Gasteiger partial charge in [-0.25, -0.2) is 4.39 Å². The van der Waals surface area contributed by atoms with Gasteiger partial charge in [0.05, 0.1) is 0 Å². The average molecular weight is 168 g/mol. The number of hydrogen-bond donors (Lipinski definition) is 0. The van der Waals surface area contributed by atoms with Crippen molar-refractivity contribution < 1.29 is 4.39 Å². The third-order valence-corrected chi connectivity index (χ3v) is 1.59. The predicted octanol–water partition coefficient (Wildman–Crippen LogP) is 3.72. The average Bonchev–Trinajstić information content (AvgIpc) is 2.08. The van der Waals surface area contributed by atoms with Gasteiger partial charge in [-0.05, 0) is 30.5 Å². The van der Waals surface area contributed by atoms with Crippen molar-refractivity contribution in [3.8, 4) is 0 Å². The predicted molar refractivity (Wildman–Crippen MR) is 51.9 cm³/mol. The van der Waals surface area contributed by atoms with E-state index in [4.69, 9.17) is 0 Å². The Bertz CT molecular complexity index is 228. The lowest BCUT2D eigenvalue weighted by molar-refractivity contribution is 0.611. The molecule has 0 bridgehead atoms. The molecule has 0 aliphatic carbocycles. The molecule has 0 unspecified atom stereocenters. The van der Waals surface area contributed by atoms with Gasteiger partial charge in [-0.1, -0.05) is 32.9 Å². The number of rotatable bonds is 1. The lowest BCUT2D eigenvalue weighted by atomic mass is 10.1. The number of hydrogen-bond acceptors (Lipinski definition) is 0. The van der Waals surface area contributed by atoms with Crippen molar-refractivity contribution in [1.82, 2.24) is 0 Å². The van der Waals surface area contributed by atoms with Crippen molar-refractivity contribution >= 4 is 0 Å². The number of halogens is 1. The summed E-state index contributed by atoms with van der Waals surface area (Å²) >= 11 is 0. The zero-order valence-corrected chi connectivity index (χ0v) is 8.32. The largest absolute Gasteiger partial charge is 0.207 e. The van der Waals surface area contributed by atoms with Gasteiger partial charge < -0.3 is 0 Å². The second-order valence-corrected chi connectivity index (χ2v) is 2.45. The summed E-state index contributed by atoms with van der Waals surface area (Å²) in [4.78, 5) is 0. The topological polar surface area (TPSA) is 0 Å². The molecule has 0 radical (unpaired) electrons. The Balaban J connectivity index is 0.000000561. The minimum atomic E-state index is -0.0810. The van der Waals surface area contributed by atoms with Crippen LogP contribution in [0, 0.1) is 12.7 Å². The molecule has 1 heteroatoms. The molecule has 0 fully saturated rings. The molecule has 1 aromatic rings. The van der Waals surface area contributed by atoms with Crippen LogP contribution in [-0.4, -0.2) is 0 Å². The molecule has 0 N–H and O–H groups in total. The summed E-state index contributed by atoms with van der Waals surface area (Å²) in [5.74, 6) is -0.0810. The van der Waals surface area contributed by atoms with E-state index in [2.05, 4.69) is 0 Å². The first-order valence-corrected chi connectivity index (χ1v) is 4.49. The first-order valence-electron chi connectivity index (χ1n) is 4.49. The fourth-order valence-corrected chi connectivity index (χ4v) is 0.939. The van der Waals surface area contributed by atoms with Crippen molar-refractivity contribution in [2.75, 3.05) is 0 Å². The molecule has 0 nitrogen and oxygen atoms in total. The summed E-state index contributed by atoms with van der Waals surface area (Å²) in [5, 5.41) is 0. The molecule has 0 heterocycles. The Hall–Kier alpha value is -0.850. The summed E-state index contributed by atoms with van der Waals surface area (Å²) in [6, 6.07) is 5.34. The molecule has 68 valence electrons. The fraction of sp³-hybridized carbons (Fsp3) is 0.455. The van der Waals surface area contributed by atoms with Crippen molar-refractivity contribution in [2.24, 2.45) is 0 Å². The van der Waals surface area contributed by atoms with Gasteiger partial charge in [0, 0.05) is 0 Å². The van der Waals surface area contributed by atoms with E-state index < -0.39 is 0 Å². The SMILES string of the molecule is CC.CCc1ccc(C)cc1F. The van der Waals surface area contributed by atoms with Crippen LogP contribution in [-0.2, 0) is 6.42 Å². The van der Waals surface area contributed by atoms with E-state index in [9.17, 15) is 4.39 Å². The normalized spacial score (nSPS) is 8.75. The van der Waals surface area contributed by atoms with Crippen LogP contribution in [0.4, 0.5) is 4.39 Å². The molecule has 0 saturated carbocycles. The van der Waals surface area contributed by atoms with Crippen LogP contribution < -0.4 is 0 Å². The van der Waals surface area contributed by atoms with Crippen LogP contribution in [0.3, 0.4) is 0 Å². The Kier molecular flexibility index (Phi) is 5.35. The summed E-state index contributed by atoms with van der Waals surface area (Å²) in [5.41, 5.74) is 1.78. The monoisotopic (exact) mass is 168 g/mol. The van der Waals surface area contributed by atoms with Gasteiger partial charge in [0.15, 0.2) is 0 Å². The zero-order chi connectivity index (χ0) is 9.56. The van der Waals surface area contributed by atoms with Crippen molar-refractivity contribution in [2.45, 2.75) is 34.1 Å². The van der Waals surface area contributed by atoms with Gasteiger partial charge >= 0.3 is 0 Å². The van der Waals surface area contributed by atoms with Crippen LogP contribution in [0.1, 0.15) is 31.9 Å². The first kappa shape index (κ1) is 11.2. The fourth-order valence-electron chi connectivity index (χ4n) is 0.939. The molecule has 1 rings (SSSR count). The highest BCUT2D eigenvalue weighted by Crippen LogP contribution is 2.09. The van der Waals surface area contributed by atoms with Crippen LogP contribution in [0.2, 0.25) is 0 Å². The highest BCUT2D eigenvalue weighted by molar-refractivity contribution is 5.23. The molecule has 0 spiro atoms. The number of benzene rings is 1. The van der Waals surface area contributed by atoms with Crippen LogP contribution in [0.5, 0.6) is 0 Å². The third kappa shape index (κ3) is 3.04. The molecule has 0 amide bonds. The van der Waals surface area contributed by atoms with Crippen molar-refractivity contribution in [1.29, 1.82) is 0 Å². The Morgan fingerprint density at radius 3 is 2.25 bits per heavy atom. The van der Waals surface area contributed by atoms with E-state index in [-0.39, 0.29) is 5.82 Å². The number of aryl methyl sites for hydroxylation is 2. The van der Waals surface area contributed by atoms with Gasteiger partial charge in [0.25, 0.3) is 0 Å². The van der Waals surface area contributed by atoms with Gasteiger partial charge in [-0.2, -0.15) is 0 Å². The second-order valence-electron chi connectivity index (χ2n) is 2.45. The van der Waals surface area contributed by atoms with E-state index >= 15 is 0 Å². The van der Waals surface area contributed by atoms with E-state index in [0.717, 1.165) is 17.5 Å². The molecule has 12 heavy (non-hydrogen) atoms. The summed E-state index contributed by atoms with van der Waals surface area (Å²) < 4.78 is 12.9.